The predicted octanol–water partition coefficient (Wildman–Crippen LogP) is 2.84. The van der Waals surface area contributed by atoms with Gasteiger partial charge in [-0.25, -0.2) is 4.79 Å². The fraction of sp³-hybridized carbons (Fsp3) is 0.227. The molecule has 0 aliphatic heterocycles. The number of anilines is 1. The Hall–Kier alpha value is -3.41. The van der Waals surface area contributed by atoms with Crippen molar-refractivity contribution < 1.29 is 14.6 Å². The standard InChI is InChI=1S/C22H21NO5/c1-13(2)28-21-18(19(24)20(21)25)23-17(22(26)27)12-14-8-10-16(11-9-14)15-6-4-3-5-7-15/h3-11,13,17,23H,12H2,1-2H3,(H,26,27). The number of nitrogens with one attached hydrogen (secondary N) is 1. The van der Waals surface area contributed by atoms with Gasteiger partial charge in [0, 0.05) is 6.42 Å². The summed E-state index contributed by atoms with van der Waals surface area (Å²) in [4.78, 5) is 35.2. The van der Waals surface area contributed by atoms with E-state index >= 15 is 0 Å². The van der Waals surface area contributed by atoms with Crippen molar-refractivity contribution >= 4 is 11.7 Å². The van der Waals surface area contributed by atoms with Crippen LogP contribution in [0.2, 0.25) is 0 Å². The number of hydrogen-bond donors (Lipinski definition) is 2. The SMILES string of the molecule is CC(C)Oc1c(NC(Cc2ccc(-c3ccccc3)cc2)C(=O)O)c(=O)c1=O. The monoisotopic (exact) mass is 379 g/mol. The molecule has 3 aromatic rings. The summed E-state index contributed by atoms with van der Waals surface area (Å²) in [6.07, 6.45) is -0.137. The van der Waals surface area contributed by atoms with Crippen molar-refractivity contribution in [3.05, 3.63) is 80.6 Å². The number of carboxylic acid groups (broad SMARTS) is 1. The quantitative estimate of drug-likeness (QED) is 0.585. The lowest BCUT2D eigenvalue weighted by Crippen LogP contribution is -2.42. The molecule has 0 aliphatic carbocycles. The zero-order valence-electron chi connectivity index (χ0n) is 15.6. The fourth-order valence-electron chi connectivity index (χ4n) is 2.92. The summed E-state index contributed by atoms with van der Waals surface area (Å²) in [6.45, 7) is 3.45. The Balaban J connectivity index is 1.76. The summed E-state index contributed by atoms with van der Waals surface area (Å²) in [5.41, 5.74) is 1.35. The third kappa shape index (κ3) is 4.11. The molecule has 0 aliphatic rings. The zero-order valence-corrected chi connectivity index (χ0v) is 15.6. The topological polar surface area (TPSA) is 92.7 Å². The van der Waals surface area contributed by atoms with Crippen LogP contribution in [-0.4, -0.2) is 23.2 Å². The summed E-state index contributed by atoms with van der Waals surface area (Å²) >= 11 is 0. The molecule has 6 heteroatoms. The Morgan fingerprint density at radius 1 is 0.964 bits per heavy atom. The second-order valence-electron chi connectivity index (χ2n) is 6.83. The summed E-state index contributed by atoms with van der Waals surface area (Å²) in [5.74, 6) is -1.21. The Morgan fingerprint density at radius 2 is 1.57 bits per heavy atom. The van der Waals surface area contributed by atoms with Crippen LogP contribution in [0.3, 0.4) is 0 Å². The third-order valence-corrected chi connectivity index (χ3v) is 4.34. The van der Waals surface area contributed by atoms with Crippen LogP contribution in [0.4, 0.5) is 5.69 Å². The van der Waals surface area contributed by atoms with Gasteiger partial charge in [-0.3, -0.25) is 9.59 Å². The van der Waals surface area contributed by atoms with Crippen LogP contribution in [0.5, 0.6) is 5.75 Å². The van der Waals surface area contributed by atoms with Crippen molar-refractivity contribution in [2.75, 3.05) is 5.32 Å². The molecule has 0 amide bonds. The first kappa shape index (κ1) is 19.4. The maximum Gasteiger partial charge on any atom is 0.326 e. The molecule has 0 fully saturated rings. The van der Waals surface area contributed by atoms with Gasteiger partial charge in [0.05, 0.1) is 6.10 Å². The van der Waals surface area contributed by atoms with Crippen molar-refractivity contribution in [2.24, 2.45) is 0 Å². The first-order valence-electron chi connectivity index (χ1n) is 9.00. The second-order valence-corrected chi connectivity index (χ2v) is 6.83. The number of hydrogen-bond acceptors (Lipinski definition) is 5. The van der Waals surface area contributed by atoms with E-state index in [2.05, 4.69) is 5.32 Å². The van der Waals surface area contributed by atoms with Gasteiger partial charge in [0.1, 0.15) is 11.7 Å². The minimum atomic E-state index is -1.12. The number of carboxylic acids is 1. The van der Waals surface area contributed by atoms with E-state index < -0.39 is 22.9 Å². The molecule has 0 bridgehead atoms. The predicted molar refractivity (Wildman–Crippen MR) is 108 cm³/mol. The summed E-state index contributed by atoms with van der Waals surface area (Å²) in [5, 5.41) is 12.2. The van der Waals surface area contributed by atoms with Crippen molar-refractivity contribution in [2.45, 2.75) is 32.4 Å². The van der Waals surface area contributed by atoms with Crippen LogP contribution in [0.25, 0.3) is 11.1 Å². The highest BCUT2D eigenvalue weighted by molar-refractivity contribution is 5.79. The molecule has 3 aromatic carbocycles. The Kier molecular flexibility index (Phi) is 5.59. The molecule has 28 heavy (non-hydrogen) atoms. The lowest BCUT2D eigenvalue weighted by Gasteiger charge is -2.20. The smallest absolute Gasteiger partial charge is 0.326 e. The molecule has 144 valence electrons. The second kappa shape index (κ2) is 8.08. The van der Waals surface area contributed by atoms with Gasteiger partial charge in [0.2, 0.25) is 0 Å². The highest BCUT2D eigenvalue weighted by Crippen LogP contribution is 2.22. The molecule has 0 saturated heterocycles. The lowest BCUT2D eigenvalue weighted by molar-refractivity contribution is -0.137. The van der Waals surface area contributed by atoms with E-state index in [1.165, 1.54) is 0 Å². The van der Waals surface area contributed by atoms with E-state index in [-0.39, 0.29) is 24.0 Å². The van der Waals surface area contributed by atoms with Crippen LogP contribution in [-0.2, 0) is 11.2 Å². The van der Waals surface area contributed by atoms with Crippen LogP contribution in [0.15, 0.2) is 64.2 Å². The normalized spacial score (nSPS) is 12.1. The average molecular weight is 379 g/mol. The van der Waals surface area contributed by atoms with E-state index in [1.54, 1.807) is 13.8 Å². The Bertz CT molecular complexity index is 1030. The molecule has 1 unspecified atom stereocenters. The minimum absolute atomic E-state index is 0.0630. The molecule has 2 N–H and O–H groups in total. The van der Waals surface area contributed by atoms with Gasteiger partial charge >= 0.3 is 5.97 Å². The van der Waals surface area contributed by atoms with Crippen LogP contribution >= 0.6 is 0 Å². The zero-order chi connectivity index (χ0) is 20.3. The van der Waals surface area contributed by atoms with E-state index in [4.69, 9.17) is 4.74 Å². The largest absolute Gasteiger partial charge is 0.485 e. The van der Waals surface area contributed by atoms with Crippen LogP contribution in [0.1, 0.15) is 19.4 Å². The number of rotatable bonds is 8. The van der Waals surface area contributed by atoms with Crippen molar-refractivity contribution in [1.82, 2.24) is 0 Å². The average Bonchev–Trinajstić information content (AvgIpc) is 2.70. The number of benzene rings is 2. The molecule has 0 spiro atoms. The van der Waals surface area contributed by atoms with Gasteiger partial charge in [-0.1, -0.05) is 54.6 Å². The number of ether oxygens (including phenoxy) is 1. The number of aliphatic carboxylic acids is 1. The lowest BCUT2D eigenvalue weighted by atomic mass is 10.0. The summed E-state index contributed by atoms with van der Waals surface area (Å²) in [6, 6.07) is 16.4. The third-order valence-electron chi connectivity index (χ3n) is 4.34. The molecule has 0 radical (unpaired) electrons. The number of carbonyl (C=O) groups is 1. The highest BCUT2D eigenvalue weighted by atomic mass is 16.5. The maximum atomic E-state index is 11.8. The van der Waals surface area contributed by atoms with Crippen LogP contribution < -0.4 is 20.9 Å². The van der Waals surface area contributed by atoms with Gasteiger partial charge in [-0.15, -0.1) is 0 Å². The molecule has 0 heterocycles. The molecule has 3 rings (SSSR count). The Morgan fingerprint density at radius 3 is 2.14 bits per heavy atom. The minimum Gasteiger partial charge on any atom is -0.485 e. The van der Waals surface area contributed by atoms with Gasteiger partial charge in [0.15, 0.2) is 5.75 Å². The first-order valence-corrected chi connectivity index (χ1v) is 9.00. The Labute approximate surface area is 162 Å². The summed E-state index contributed by atoms with van der Waals surface area (Å²) < 4.78 is 5.33. The molecule has 0 saturated carbocycles. The fourth-order valence-corrected chi connectivity index (χ4v) is 2.92. The molecule has 0 aromatic heterocycles. The summed E-state index contributed by atoms with van der Waals surface area (Å²) in [7, 11) is 0. The van der Waals surface area contributed by atoms with Crippen molar-refractivity contribution in [3.8, 4) is 16.9 Å². The van der Waals surface area contributed by atoms with Crippen LogP contribution in [0, 0.1) is 0 Å². The first-order chi connectivity index (χ1) is 13.4. The van der Waals surface area contributed by atoms with Crippen molar-refractivity contribution in [3.63, 3.8) is 0 Å². The van der Waals surface area contributed by atoms with E-state index in [1.807, 2.05) is 54.6 Å². The van der Waals surface area contributed by atoms with Gasteiger partial charge in [-0.05, 0) is 30.5 Å². The molecule has 1 atom stereocenters. The molecular formula is C22H21NO5. The van der Waals surface area contributed by atoms with Gasteiger partial charge in [-0.2, -0.15) is 0 Å². The van der Waals surface area contributed by atoms with E-state index in [0.717, 1.165) is 16.7 Å². The van der Waals surface area contributed by atoms with E-state index in [9.17, 15) is 19.5 Å². The molecular weight excluding hydrogens is 358 g/mol. The van der Waals surface area contributed by atoms with Gasteiger partial charge in [0.25, 0.3) is 10.9 Å². The highest BCUT2D eigenvalue weighted by Gasteiger charge is 2.28. The van der Waals surface area contributed by atoms with Crippen molar-refractivity contribution in [1.29, 1.82) is 0 Å². The van der Waals surface area contributed by atoms with Gasteiger partial charge < -0.3 is 15.2 Å². The maximum absolute atomic E-state index is 11.8. The van der Waals surface area contributed by atoms with E-state index in [0.29, 0.717) is 0 Å². The molecule has 6 nitrogen and oxygen atoms in total.